The monoisotopic (exact) mass is 634 g/mol. The van der Waals surface area contributed by atoms with E-state index in [1.54, 1.807) is 30.6 Å². The zero-order valence-electron chi connectivity index (χ0n) is 17.0. The van der Waals surface area contributed by atoms with Gasteiger partial charge >= 0.3 is 0 Å². The molecule has 0 saturated carbocycles. The predicted octanol–water partition coefficient (Wildman–Crippen LogP) is -2.87. The van der Waals surface area contributed by atoms with Gasteiger partial charge in [0.1, 0.15) is 43.1 Å². The van der Waals surface area contributed by atoms with E-state index in [1.807, 2.05) is 72.1 Å². The molecule has 0 spiro atoms. The molecule has 3 rings (SSSR count). The van der Waals surface area contributed by atoms with E-state index >= 15 is 0 Å². The summed E-state index contributed by atoms with van der Waals surface area (Å²) in [4.78, 5) is 0. The van der Waals surface area contributed by atoms with Crippen LogP contribution in [0.15, 0.2) is 55.1 Å². The number of phenols is 1. The highest BCUT2D eigenvalue weighted by atomic mass is 127. The fourth-order valence-electron chi connectivity index (χ4n) is 2.87. The summed E-state index contributed by atoms with van der Waals surface area (Å²) >= 11 is 0. The summed E-state index contributed by atoms with van der Waals surface area (Å²) in [5.41, 5.74) is 4.28. The standard InChI is InChI=1S/C24H19N4O.2HI/c1-27-11-9-19(22(14-25)16-27)5-3-18-4-8-24(29)21(13-18)7-6-20-10-12-28(2)17-23(20)15-26;;/h3-13,16-17H,1-2H3;2*1H/q+1;;/p-1. The lowest BCUT2D eigenvalue weighted by Gasteiger charge is -2.02. The Morgan fingerprint density at radius 1 is 0.742 bits per heavy atom. The third kappa shape index (κ3) is 6.88. The Kier molecular flexibility index (Phi) is 10.3. The molecule has 7 heteroatoms. The third-order valence-electron chi connectivity index (χ3n) is 4.46. The maximum Gasteiger partial charge on any atom is 0.187 e. The van der Waals surface area contributed by atoms with Gasteiger partial charge in [0.2, 0.25) is 0 Å². The molecule has 0 bridgehead atoms. The Labute approximate surface area is 216 Å². The maximum atomic E-state index is 10.2. The number of pyridine rings is 2. The van der Waals surface area contributed by atoms with Gasteiger partial charge in [-0.2, -0.15) is 10.5 Å². The summed E-state index contributed by atoms with van der Waals surface area (Å²) in [5.74, 6) is 0.155. The van der Waals surface area contributed by atoms with Crippen LogP contribution < -0.4 is 57.1 Å². The van der Waals surface area contributed by atoms with Crippen LogP contribution in [0.3, 0.4) is 0 Å². The van der Waals surface area contributed by atoms with E-state index in [0.29, 0.717) is 16.7 Å². The number of hydrogen-bond donors (Lipinski definition) is 1. The molecule has 2 heterocycles. The average molecular weight is 634 g/mol. The zero-order valence-corrected chi connectivity index (χ0v) is 21.3. The van der Waals surface area contributed by atoms with Gasteiger partial charge in [-0.25, -0.2) is 9.13 Å². The van der Waals surface area contributed by atoms with Gasteiger partial charge in [0.15, 0.2) is 24.8 Å². The van der Waals surface area contributed by atoms with Gasteiger partial charge in [0.05, 0.1) is 0 Å². The molecule has 0 fully saturated rings. The van der Waals surface area contributed by atoms with Crippen LogP contribution in [0.1, 0.15) is 33.4 Å². The van der Waals surface area contributed by atoms with Crippen molar-refractivity contribution in [3.63, 3.8) is 0 Å². The molecule has 1 N–H and O–H groups in total. The maximum absolute atomic E-state index is 10.2. The molecule has 0 saturated heterocycles. The number of halogens is 2. The third-order valence-corrected chi connectivity index (χ3v) is 4.46. The highest BCUT2D eigenvalue weighted by Gasteiger charge is 2.06. The second-order valence-corrected chi connectivity index (χ2v) is 6.67. The molecule has 0 aliphatic heterocycles. The van der Waals surface area contributed by atoms with Crippen LogP contribution in [-0.4, -0.2) is 5.11 Å². The summed E-state index contributed by atoms with van der Waals surface area (Å²) in [7, 11) is 3.73. The van der Waals surface area contributed by atoms with E-state index in [1.165, 1.54) is 0 Å². The van der Waals surface area contributed by atoms with Crippen molar-refractivity contribution in [3.05, 3.63) is 88.5 Å². The second kappa shape index (κ2) is 12.2. The number of nitrogens with zero attached hydrogens (tertiary/aromatic N) is 4. The number of aromatic nitrogens is 2. The number of rotatable bonds is 4. The Morgan fingerprint density at radius 2 is 1.23 bits per heavy atom. The zero-order chi connectivity index (χ0) is 20.8. The van der Waals surface area contributed by atoms with Crippen molar-refractivity contribution in [2.45, 2.75) is 0 Å². The summed E-state index contributed by atoms with van der Waals surface area (Å²) in [6.45, 7) is 0. The van der Waals surface area contributed by atoms with Gasteiger partial charge < -0.3 is 53.1 Å². The van der Waals surface area contributed by atoms with E-state index in [4.69, 9.17) is 0 Å². The normalized spacial score (nSPS) is 10.2. The van der Waals surface area contributed by atoms with Gasteiger partial charge in [-0.1, -0.05) is 30.4 Å². The first-order valence-corrected chi connectivity index (χ1v) is 8.98. The minimum absolute atomic E-state index is 0. The molecule has 3 aromatic rings. The first-order chi connectivity index (χ1) is 14.0. The van der Waals surface area contributed by atoms with Gasteiger partial charge in [0, 0.05) is 28.8 Å². The molecule has 31 heavy (non-hydrogen) atoms. The average Bonchev–Trinajstić information content (AvgIpc) is 2.73. The molecule has 0 atom stereocenters. The van der Waals surface area contributed by atoms with Crippen LogP contribution in [0, 0.1) is 22.7 Å². The van der Waals surface area contributed by atoms with E-state index in [-0.39, 0.29) is 53.7 Å². The molecular weight excluding hydrogens is 614 g/mol. The van der Waals surface area contributed by atoms with Gasteiger partial charge in [-0.3, -0.25) is 0 Å². The van der Waals surface area contributed by atoms with Crippen molar-refractivity contribution in [3.8, 4) is 17.9 Å². The summed E-state index contributed by atoms with van der Waals surface area (Å²) < 4.78 is 3.65. The smallest absolute Gasteiger partial charge is 0.187 e. The van der Waals surface area contributed by atoms with Gasteiger partial charge in [0.25, 0.3) is 0 Å². The van der Waals surface area contributed by atoms with Crippen LogP contribution in [0.2, 0.25) is 0 Å². The minimum atomic E-state index is 0. The van der Waals surface area contributed by atoms with Crippen LogP contribution in [0.5, 0.6) is 5.75 Å². The lowest BCUT2D eigenvalue weighted by molar-refractivity contribution is -0.671. The highest BCUT2D eigenvalue weighted by molar-refractivity contribution is 5.78. The fourth-order valence-corrected chi connectivity index (χ4v) is 2.87. The quantitative estimate of drug-likeness (QED) is 0.248. The molecule has 0 aliphatic carbocycles. The van der Waals surface area contributed by atoms with E-state index in [9.17, 15) is 15.6 Å². The van der Waals surface area contributed by atoms with Crippen molar-refractivity contribution in [1.82, 2.24) is 0 Å². The molecule has 0 unspecified atom stereocenters. The molecule has 0 aliphatic rings. The summed E-state index contributed by atoms with van der Waals surface area (Å²) in [6.07, 6.45) is 14.7. The molecule has 2 aromatic heterocycles. The Balaban J connectivity index is 0.00000240. The van der Waals surface area contributed by atoms with Crippen molar-refractivity contribution >= 4 is 24.3 Å². The Morgan fingerprint density at radius 3 is 1.74 bits per heavy atom. The fraction of sp³-hybridized carbons (Fsp3) is 0.0833. The lowest BCUT2D eigenvalue weighted by atomic mass is 10.0. The SMILES string of the molecule is C[n+]1ccc(/C=C/c2ccc(O)c(/C=C/c3cc[n+](C)cc3C#N)c2)c(C#N)c1.[I-].[I-]. The first kappa shape index (κ1) is 26.3. The topological polar surface area (TPSA) is 75.6 Å². The largest absolute Gasteiger partial charge is 1.00 e. The van der Waals surface area contributed by atoms with Gasteiger partial charge in [-0.15, -0.1) is 0 Å². The number of aromatic hydroxyl groups is 1. The molecule has 0 radical (unpaired) electrons. The molecule has 5 nitrogen and oxygen atoms in total. The molecular formula is C24H20I2N4O. The highest BCUT2D eigenvalue weighted by Crippen LogP contribution is 2.23. The van der Waals surface area contributed by atoms with Crippen molar-refractivity contribution in [2.24, 2.45) is 14.1 Å². The van der Waals surface area contributed by atoms with Crippen LogP contribution in [0.4, 0.5) is 0 Å². The second-order valence-electron chi connectivity index (χ2n) is 6.67. The van der Waals surface area contributed by atoms with Gasteiger partial charge in [-0.05, 0) is 17.7 Å². The van der Waals surface area contributed by atoms with Crippen molar-refractivity contribution in [2.75, 3.05) is 0 Å². The summed E-state index contributed by atoms with van der Waals surface area (Å²) in [6, 6.07) is 13.4. The Hall–Kier alpha value is -2.76. The summed E-state index contributed by atoms with van der Waals surface area (Å²) in [5, 5.41) is 28.8. The van der Waals surface area contributed by atoms with E-state index in [0.717, 1.165) is 16.7 Å². The Bertz CT molecular complexity index is 1220. The number of nitriles is 2. The first-order valence-electron chi connectivity index (χ1n) is 8.98. The van der Waals surface area contributed by atoms with Crippen LogP contribution in [0.25, 0.3) is 24.3 Å². The number of benzene rings is 1. The van der Waals surface area contributed by atoms with Crippen LogP contribution in [-0.2, 0) is 14.1 Å². The number of hydrogen-bond acceptors (Lipinski definition) is 3. The van der Waals surface area contributed by atoms with Crippen LogP contribution >= 0.6 is 0 Å². The van der Waals surface area contributed by atoms with E-state index < -0.39 is 0 Å². The molecule has 0 amide bonds. The lowest BCUT2D eigenvalue weighted by Crippen LogP contribution is -3.00. The predicted molar refractivity (Wildman–Crippen MR) is 111 cm³/mol. The van der Waals surface area contributed by atoms with E-state index in [2.05, 4.69) is 12.1 Å². The van der Waals surface area contributed by atoms with Crippen molar-refractivity contribution < 1.29 is 62.2 Å². The molecule has 156 valence electrons. The minimum Gasteiger partial charge on any atom is -1.00 e. The number of aryl methyl sites for hydroxylation is 2. The number of phenolic OH excluding ortho intramolecular Hbond substituents is 1. The van der Waals surface area contributed by atoms with Crippen molar-refractivity contribution in [1.29, 1.82) is 10.5 Å². The molecule has 1 aromatic carbocycles.